The zero-order valence-electron chi connectivity index (χ0n) is 25.5. The maximum atomic E-state index is 18.2. The van der Waals surface area contributed by atoms with Gasteiger partial charge in [-0.05, 0) is 81.1 Å². The molecular formula is C33H39F2N3O6S. The lowest BCUT2D eigenvalue weighted by atomic mass is 9.44. The number of pyridine rings is 1. The van der Waals surface area contributed by atoms with Gasteiger partial charge in [0.25, 0.3) is 0 Å². The highest BCUT2D eigenvalue weighted by atomic mass is 32.2. The van der Waals surface area contributed by atoms with Crippen molar-refractivity contribution in [1.29, 1.82) is 0 Å². The van der Waals surface area contributed by atoms with Gasteiger partial charge in [0.2, 0.25) is 11.1 Å². The predicted octanol–water partition coefficient (Wildman–Crippen LogP) is 4.36. The lowest BCUT2D eigenvalue weighted by molar-refractivity contribution is -0.230. The van der Waals surface area contributed by atoms with Crippen LogP contribution in [0.5, 0.6) is 0 Å². The molecule has 0 aromatic carbocycles. The minimum absolute atomic E-state index is 0.0505. The van der Waals surface area contributed by atoms with Gasteiger partial charge in [-0.3, -0.25) is 4.79 Å². The van der Waals surface area contributed by atoms with E-state index in [0.29, 0.717) is 44.4 Å². The van der Waals surface area contributed by atoms with E-state index in [2.05, 4.69) is 10.1 Å². The highest BCUT2D eigenvalue weighted by Gasteiger charge is 2.76. The molecule has 0 amide bonds. The largest absolute Gasteiger partial charge is 0.448 e. The van der Waals surface area contributed by atoms with Crippen molar-refractivity contribution in [3.8, 4) is 5.69 Å². The number of esters is 1. The molecule has 45 heavy (non-hydrogen) atoms. The van der Waals surface area contributed by atoms with Crippen LogP contribution in [0.2, 0.25) is 0 Å². The van der Waals surface area contributed by atoms with Crippen LogP contribution in [0.1, 0.15) is 70.1 Å². The van der Waals surface area contributed by atoms with Crippen LogP contribution in [0.25, 0.3) is 11.8 Å². The van der Waals surface area contributed by atoms with Gasteiger partial charge in [-0.2, -0.15) is 9.49 Å². The maximum absolute atomic E-state index is 18.2. The van der Waals surface area contributed by atoms with Gasteiger partial charge in [-0.1, -0.05) is 31.2 Å². The van der Waals surface area contributed by atoms with E-state index in [9.17, 15) is 24.2 Å². The summed E-state index contributed by atoms with van der Waals surface area (Å²) in [6.45, 7) is 4.00. The first kappa shape index (κ1) is 31.0. The molecule has 2 aromatic heterocycles. The van der Waals surface area contributed by atoms with Crippen molar-refractivity contribution in [2.45, 2.75) is 88.7 Å². The van der Waals surface area contributed by atoms with Crippen molar-refractivity contribution in [1.82, 2.24) is 14.8 Å². The summed E-state index contributed by atoms with van der Waals surface area (Å²) in [6, 6.07) is 2.87. The predicted molar refractivity (Wildman–Crippen MR) is 161 cm³/mol. The average molecular weight is 644 g/mol. The van der Waals surface area contributed by atoms with Gasteiger partial charge in [0, 0.05) is 29.1 Å². The molecule has 242 valence electrons. The summed E-state index contributed by atoms with van der Waals surface area (Å²) < 4.78 is 45.1. The SMILES string of the molecule is C[C@]12Cc3cnn(-c4ccc(F)nc4)c3C=C1CC[C@H]1[C@@H]3CC[C@](OC(=O)[C@H]4CCCO4)(C(=O)SCCO)[C@@]3(C)C[C@H](O)[C@@]12F. The van der Waals surface area contributed by atoms with Gasteiger partial charge in [0.1, 0.15) is 5.67 Å². The molecule has 4 fully saturated rings. The lowest BCUT2D eigenvalue weighted by Crippen LogP contribution is -2.70. The summed E-state index contributed by atoms with van der Waals surface area (Å²) in [6.07, 6.45) is 6.15. The average Bonchev–Trinajstić information content (AvgIpc) is 3.75. The first-order valence-electron chi connectivity index (χ1n) is 15.9. The topological polar surface area (TPSA) is 124 Å². The molecule has 3 heterocycles. The van der Waals surface area contributed by atoms with Crippen molar-refractivity contribution >= 4 is 28.9 Å². The Bertz CT molecular complexity index is 1550. The second-order valence-electron chi connectivity index (χ2n) is 13.8. The number of rotatable bonds is 6. The molecule has 9 nitrogen and oxygen atoms in total. The van der Waals surface area contributed by atoms with Crippen LogP contribution in [-0.2, 0) is 25.5 Å². The van der Waals surface area contributed by atoms with E-state index in [0.717, 1.165) is 35.0 Å². The molecule has 0 radical (unpaired) electrons. The number of fused-ring (bicyclic) bond motifs is 6. The molecule has 3 saturated carbocycles. The number of halogens is 2. The number of nitrogens with zero attached hydrogens (tertiary/aromatic N) is 3. The summed E-state index contributed by atoms with van der Waals surface area (Å²) in [5.41, 5.74) is -2.52. The highest BCUT2D eigenvalue weighted by molar-refractivity contribution is 8.13. The fourth-order valence-corrected chi connectivity index (χ4v) is 10.4. The van der Waals surface area contributed by atoms with E-state index in [1.165, 1.54) is 12.3 Å². The summed E-state index contributed by atoms with van der Waals surface area (Å²) in [5.74, 6) is -1.94. The van der Waals surface area contributed by atoms with Crippen molar-refractivity contribution < 1.29 is 38.1 Å². The Morgan fingerprint density at radius 1 is 1.20 bits per heavy atom. The Morgan fingerprint density at radius 3 is 2.73 bits per heavy atom. The number of aliphatic hydroxyl groups excluding tert-OH is 2. The van der Waals surface area contributed by atoms with Gasteiger partial charge in [-0.15, -0.1) is 0 Å². The van der Waals surface area contributed by atoms with E-state index in [1.807, 2.05) is 19.9 Å². The van der Waals surface area contributed by atoms with E-state index < -0.39 is 52.1 Å². The number of hydrogen-bond donors (Lipinski definition) is 2. The quantitative estimate of drug-likeness (QED) is 0.349. The molecule has 0 bridgehead atoms. The standard InChI is InChI=1S/C33H39F2N3O6S/c1-30-15-19-17-37-38(21-6-8-27(34)36-18-21)24(19)14-20(30)5-7-23-22-9-10-32(29(42)45-13-11-39,44-28(41)25-4-3-12-43-25)31(22,2)16-26(40)33(23,30)35/h6,8,14,17-18,22-23,25-26,39-40H,3-5,7,9-13,15-16H2,1-2H3/t22-,23-,25+,26-,30-,31-,32-,33-/m0/s1. The number of carbonyl (C=O) groups is 2. The van der Waals surface area contributed by atoms with Gasteiger partial charge >= 0.3 is 5.97 Å². The summed E-state index contributed by atoms with van der Waals surface area (Å²) in [5, 5.41) is 25.6. The van der Waals surface area contributed by atoms with Crippen molar-refractivity contribution in [3.63, 3.8) is 0 Å². The number of aromatic nitrogens is 3. The monoisotopic (exact) mass is 643 g/mol. The van der Waals surface area contributed by atoms with Gasteiger partial charge < -0.3 is 19.7 Å². The van der Waals surface area contributed by atoms with Gasteiger partial charge in [0.05, 0.1) is 36.5 Å². The number of carbonyl (C=O) groups excluding carboxylic acids is 2. The lowest BCUT2D eigenvalue weighted by Gasteiger charge is -2.63. The molecule has 2 aromatic rings. The van der Waals surface area contributed by atoms with Crippen molar-refractivity contribution in [3.05, 3.63) is 47.3 Å². The molecule has 0 spiro atoms. The molecule has 1 saturated heterocycles. The summed E-state index contributed by atoms with van der Waals surface area (Å²) >= 11 is 0.926. The minimum Gasteiger partial charge on any atom is -0.448 e. The molecule has 12 heteroatoms. The number of allylic oxidation sites excluding steroid dienone is 1. The molecule has 5 aliphatic rings. The second-order valence-corrected chi connectivity index (χ2v) is 14.9. The minimum atomic E-state index is -2.01. The van der Waals surface area contributed by atoms with E-state index >= 15 is 4.39 Å². The molecule has 1 aliphatic heterocycles. The van der Waals surface area contributed by atoms with E-state index in [1.54, 1.807) is 16.9 Å². The Balaban J connectivity index is 1.24. The Morgan fingerprint density at radius 2 is 2.02 bits per heavy atom. The fraction of sp³-hybridized carbons (Fsp3) is 0.636. The third-order valence-electron chi connectivity index (χ3n) is 11.8. The van der Waals surface area contributed by atoms with Crippen LogP contribution < -0.4 is 0 Å². The number of thioether (sulfide) groups is 1. The number of alkyl halides is 1. The zero-order chi connectivity index (χ0) is 31.8. The molecule has 2 N–H and O–H groups in total. The first-order valence-corrected chi connectivity index (χ1v) is 16.9. The van der Waals surface area contributed by atoms with E-state index in [-0.39, 0.29) is 36.2 Å². The fourth-order valence-electron chi connectivity index (χ4n) is 9.54. The van der Waals surface area contributed by atoms with Crippen molar-refractivity contribution in [2.24, 2.45) is 22.7 Å². The highest BCUT2D eigenvalue weighted by Crippen LogP contribution is 2.71. The summed E-state index contributed by atoms with van der Waals surface area (Å²) in [4.78, 5) is 31.1. The van der Waals surface area contributed by atoms with Gasteiger partial charge in [-0.25, -0.2) is 18.9 Å². The zero-order valence-corrected chi connectivity index (χ0v) is 26.3. The van der Waals surface area contributed by atoms with Crippen LogP contribution in [0.4, 0.5) is 8.78 Å². The molecule has 4 aliphatic carbocycles. The molecule has 8 atom stereocenters. The van der Waals surface area contributed by atoms with Crippen LogP contribution in [-0.4, -0.2) is 78.5 Å². The number of aliphatic hydroxyl groups is 2. The Labute approximate surface area is 264 Å². The maximum Gasteiger partial charge on any atom is 0.336 e. The van der Waals surface area contributed by atoms with Crippen LogP contribution in [0, 0.1) is 28.6 Å². The second kappa shape index (κ2) is 11.0. The Kier molecular flexibility index (Phi) is 7.54. The normalized spacial score (nSPS) is 38.5. The van der Waals surface area contributed by atoms with Crippen LogP contribution in [0.3, 0.4) is 0 Å². The Hall–Kier alpha value is -2.67. The smallest absolute Gasteiger partial charge is 0.336 e. The molecule has 0 unspecified atom stereocenters. The van der Waals surface area contributed by atoms with Gasteiger partial charge in [0.15, 0.2) is 11.7 Å². The van der Waals surface area contributed by atoms with Crippen molar-refractivity contribution in [2.75, 3.05) is 19.0 Å². The summed E-state index contributed by atoms with van der Waals surface area (Å²) in [7, 11) is 0. The van der Waals surface area contributed by atoms with Crippen LogP contribution >= 0.6 is 11.8 Å². The first-order chi connectivity index (χ1) is 21.5. The third kappa shape index (κ3) is 4.34. The number of hydrogen-bond acceptors (Lipinski definition) is 9. The number of ether oxygens (including phenoxy) is 2. The van der Waals surface area contributed by atoms with E-state index in [4.69, 9.17) is 9.47 Å². The third-order valence-corrected chi connectivity index (χ3v) is 12.8. The molecule has 7 rings (SSSR count). The molecular weight excluding hydrogens is 604 g/mol. The van der Waals surface area contributed by atoms with Crippen LogP contribution in [0.15, 0.2) is 30.1 Å².